The Labute approximate surface area is 201 Å². The second-order valence-corrected chi connectivity index (χ2v) is 11.3. The fraction of sp³-hybridized carbons (Fsp3) is 0.333. The highest BCUT2D eigenvalue weighted by Crippen LogP contribution is 2.30. The highest BCUT2D eigenvalue weighted by atomic mass is 32.2. The fourth-order valence-electron chi connectivity index (χ4n) is 3.48. The van der Waals surface area contributed by atoms with Crippen LogP contribution in [-0.2, 0) is 0 Å². The number of hydrogen-bond donors (Lipinski definition) is 0. The zero-order chi connectivity index (χ0) is 22.4. The summed E-state index contributed by atoms with van der Waals surface area (Å²) in [6.07, 6.45) is 0. The second-order valence-electron chi connectivity index (χ2n) is 8.30. The van der Waals surface area contributed by atoms with Crippen LogP contribution >= 0.6 is 35.3 Å². The van der Waals surface area contributed by atoms with Crippen molar-refractivity contribution in [2.24, 2.45) is 0 Å². The molecule has 164 valence electrons. The van der Waals surface area contributed by atoms with Crippen LogP contribution in [0.15, 0.2) is 69.3 Å². The van der Waals surface area contributed by atoms with Crippen molar-refractivity contribution in [1.82, 2.24) is 4.90 Å². The first kappa shape index (κ1) is 24.3. The van der Waals surface area contributed by atoms with Crippen molar-refractivity contribution < 1.29 is 0 Å². The SMILES string of the molecule is Cc1ccc(SCN(CSc2ccc(C)cc2C)CSc2ccc(C)cc2C)c(C)c1. The van der Waals surface area contributed by atoms with Gasteiger partial charge in [-0.1, -0.05) is 53.1 Å². The molecule has 3 rings (SSSR count). The summed E-state index contributed by atoms with van der Waals surface area (Å²) in [5.74, 6) is 2.96. The van der Waals surface area contributed by atoms with Gasteiger partial charge in [-0.2, -0.15) is 0 Å². The van der Waals surface area contributed by atoms with Gasteiger partial charge in [0, 0.05) is 14.7 Å². The molecule has 0 spiro atoms. The van der Waals surface area contributed by atoms with Crippen molar-refractivity contribution in [2.45, 2.75) is 56.2 Å². The van der Waals surface area contributed by atoms with E-state index in [4.69, 9.17) is 0 Å². The van der Waals surface area contributed by atoms with Crippen molar-refractivity contribution in [3.8, 4) is 0 Å². The summed E-state index contributed by atoms with van der Waals surface area (Å²) < 4.78 is 0. The first-order valence-corrected chi connectivity index (χ1v) is 13.6. The Morgan fingerprint density at radius 2 is 0.774 bits per heavy atom. The molecule has 0 saturated heterocycles. The molecule has 0 fully saturated rings. The number of thioether (sulfide) groups is 3. The summed E-state index contributed by atoms with van der Waals surface area (Å²) in [4.78, 5) is 6.69. The average Bonchev–Trinajstić information content (AvgIpc) is 2.70. The van der Waals surface area contributed by atoms with Crippen molar-refractivity contribution in [1.29, 1.82) is 0 Å². The lowest BCUT2D eigenvalue weighted by Gasteiger charge is -2.22. The van der Waals surface area contributed by atoms with E-state index >= 15 is 0 Å². The molecule has 4 heteroatoms. The van der Waals surface area contributed by atoms with Crippen LogP contribution in [0.4, 0.5) is 0 Å². The van der Waals surface area contributed by atoms with Gasteiger partial charge in [-0.15, -0.1) is 35.3 Å². The summed E-state index contributed by atoms with van der Waals surface area (Å²) in [6.45, 7) is 13.1. The van der Waals surface area contributed by atoms with E-state index < -0.39 is 0 Å². The number of aryl methyl sites for hydroxylation is 6. The normalized spacial score (nSPS) is 11.3. The first-order valence-electron chi connectivity index (χ1n) is 10.6. The summed E-state index contributed by atoms with van der Waals surface area (Å²) in [6, 6.07) is 20.3. The molecule has 0 aliphatic rings. The molecular formula is C27H33NS3. The van der Waals surface area contributed by atoms with Gasteiger partial charge in [0.2, 0.25) is 0 Å². The Morgan fingerprint density at radius 1 is 0.484 bits per heavy atom. The summed E-state index contributed by atoms with van der Waals surface area (Å²) >= 11 is 5.84. The van der Waals surface area contributed by atoms with Crippen LogP contribution < -0.4 is 0 Å². The molecule has 0 amide bonds. The third-order valence-electron chi connectivity index (χ3n) is 5.20. The molecule has 0 heterocycles. The maximum atomic E-state index is 2.55. The van der Waals surface area contributed by atoms with Crippen molar-refractivity contribution in [2.75, 3.05) is 17.6 Å². The third-order valence-corrected chi connectivity index (χ3v) is 8.99. The molecule has 0 aliphatic carbocycles. The van der Waals surface area contributed by atoms with Gasteiger partial charge in [-0.25, -0.2) is 0 Å². The second kappa shape index (κ2) is 11.5. The lowest BCUT2D eigenvalue weighted by Crippen LogP contribution is -2.22. The molecule has 0 N–H and O–H groups in total. The predicted molar refractivity (Wildman–Crippen MR) is 142 cm³/mol. The van der Waals surface area contributed by atoms with Gasteiger partial charge in [0.15, 0.2) is 0 Å². The van der Waals surface area contributed by atoms with E-state index in [1.807, 2.05) is 35.3 Å². The largest absolute Gasteiger partial charge is 0.275 e. The van der Waals surface area contributed by atoms with Crippen LogP contribution in [0.3, 0.4) is 0 Å². The molecular weight excluding hydrogens is 435 g/mol. The molecule has 3 aromatic rings. The number of benzene rings is 3. The molecule has 0 atom stereocenters. The van der Waals surface area contributed by atoms with Crippen LogP contribution in [0.2, 0.25) is 0 Å². The summed E-state index contributed by atoms with van der Waals surface area (Å²) in [5, 5.41) is 0. The van der Waals surface area contributed by atoms with Crippen molar-refractivity contribution >= 4 is 35.3 Å². The minimum Gasteiger partial charge on any atom is -0.275 e. The van der Waals surface area contributed by atoms with Gasteiger partial charge < -0.3 is 0 Å². The Balaban J connectivity index is 1.68. The van der Waals surface area contributed by atoms with Gasteiger partial charge in [-0.05, 0) is 76.4 Å². The molecule has 0 aliphatic heterocycles. The van der Waals surface area contributed by atoms with Crippen molar-refractivity contribution in [3.63, 3.8) is 0 Å². The molecule has 3 aromatic carbocycles. The molecule has 0 unspecified atom stereocenters. The Hall–Kier alpha value is -1.33. The zero-order valence-electron chi connectivity index (χ0n) is 19.5. The van der Waals surface area contributed by atoms with Gasteiger partial charge in [0.05, 0.1) is 17.6 Å². The standard InChI is InChI=1S/C27H33NS3/c1-19-7-10-25(22(4)13-19)29-16-28(17-30-26-11-8-20(2)14-23(26)5)18-31-27-12-9-21(3)15-24(27)6/h7-15H,16-18H2,1-6H3. The van der Waals surface area contributed by atoms with E-state index in [0.717, 1.165) is 17.6 Å². The Bertz CT molecular complexity index is 897. The molecule has 0 saturated carbocycles. The summed E-state index contributed by atoms with van der Waals surface area (Å²) in [7, 11) is 0. The maximum Gasteiger partial charge on any atom is 0.0508 e. The number of rotatable bonds is 9. The molecule has 31 heavy (non-hydrogen) atoms. The van der Waals surface area contributed by atoms with Crippen molar-refractivity contribution in [3.05, 3.63) is 88.0 Å². The van der Waals surface area contributed by atoms with E-state index in [9.17, 15) is 0 Å². The van der Waals surface area contributed by atoms with Gasteiger partial charge in [0.1, 0.15) is 0 Å². The number of hydrogen-bond acceptors (Lipinski definition) is 4. The molecule has 0 radical (unpaired) electrons. The van der Waals surface area contributed by atoms with Crippen LogP contribution in [0.1, 0.15) is 33.4 Å². The summed E-state index contributed by atoms with van der Waals surface area (Å²) in [5.41, 5.74) is 8.09. The Morgan fingerprint density at radius 3 is 1.03 bits per heavy atom. The molecule has 0 aromatic heterocycles. The fourth-order valence-corrected chi connectivity index (χ4v) is 6.69. The highest BCUT2D eigenvalue weighted by Gasteiger charge is 2.11. The lowest BCUT2D eigenvalue weighted by atomic mass is 10.2. The van der Waals surface area contributed by atoms with Crippen LogP contribution in [0.25, 0.3) is 0 Å². The maximum absolute atomic E-state index is 2.55. The van der Waals surface area contributed by atoms with Crippen LogP contribution in [0, 0.1) is 41.5 Å². The Kier molecular flexibility index (Phi) is 9.03. The quantitative estimate of drug-likeness (QED) is 0.229. The zero-order valence-corrected chi connectivity index (χ0v) is 21.9. The predicted octanol–water partition coefficient (Wildman–Crippen LogP) is 8.39. The topological polar surface area (TPSA) is 3.24 Å². The van der Waals surface area contributed by atoms with E-state index in [0.29, 0.717) is 0 Å². The lowest BCUT2D eigenvalue weighted by molar-refractivity contribution is 0.447. The highest BCUT2D eigenvalue weighted by molar-refractivity contribution is 8.01. The van der Waals surface area contributed by atoms with Crippen LogP contribution in [-0.4, -0.2) is 22.5 Å². The monoisotopic (exact) mass is 467 g/mol. The van der Waals surface area contributed by atoms with Gasteiger partial charge in [-0.3, -0.25) is 4.90 Å². The van der Waals surface area contributed by atoms with E-state index in [-0.39, 0.29) is 0 Å². The van der Waals surface area contributed by atoms with E-state index in [1.54, 1.807) is 0 Å². The third kappa shape index (κ3) is 7.35. The average molecular weight is 468 g/mol. The van der Waals surface area contributed by atoms with Gasteiger partial charge in [0.25, 0.3) is 0 Å². The molecule has 1 nitrogen and oxygen atoms in total. The minimum atomic E-state index is 0.986. The van der Waals surface area contributed by atoms with E-state index in [1.165, 1.54) is 48.1 Å². The number of nitrogens with zero attached hydrogens (tertiary/aromatic N) is 1. The first-order chi connectivity index (χ1) is 14.8. The van der Waals surface area contributed by atoms with E-state index in [2.05, 4.69) is 101 Å². The molecule has 0 bridgehead atoms. The smallest absolute Gasteiger partial charge is 0.0508 e. The minimum absolute atomic E-state index is 0.986. The van der Waals surface area contributed by atoms with Gasteiger partial charge >= 0.3 is 0 Å². The van der Waals surface area contributed by atoms with Crippen LogP contribution in [0.5, 0.6) is 0 Å².